The number of benzene rings is 4. The van der Waals surface area contributed by atoms with Crippen molar-refractivity contribution in [1.29, 1.82) is 0 Å². The number of carbonyl (C=O) groups excluding carboxylic acids is 1. The molecule has 1 nitrogen and oxygen atoms in total. The van der Waals surface area contributed by atoms with Crippen LogP contribution in [0.4, 0.5) is 0 Å². The molecule has 4 aromatic rings. The zero-order chi connectivity index (χ0) is 20.1. The molecule has 0 atom stereocenters. The number of hydrogen-bond acceptors (Lipinski definition) is 1. The molecule has 0 aliphatic carbocycles. The fraction of sp³-hybridized carbons (Fsp3) is 0.0385. The SMILES string of the molecule is O=C(C[PH](c1ccccc1)(c1ccccc1)c1ccccc1)c1ccc(Cl)cc1. The van der Waals surface area contributed by atoms with E-state index < -0.39 is 7.26 Å². The first-order valence-electron chi connectivity index (χ1n) is 9.65. The molecule has 0 aliphatic heterocycles. The van der Waals surface area contributed by atoms with Crippen molar-refractivity contribution >= 4 is 40.6 Å². The quantitative estimate of drug-likeness (QED) is 0.310. The van der Waals surface area contributed by atoms with Crippen molar-refractivity contribution in [3.05, 3.63) is 126 Å². The summed E-state index contributed by atoms with van der Waals surface area (Å²) in [7, 11) is -2.57. The van der Waals surface area contributed by atoms with E-state index in [-0.39, 0.29) is 5.78 Å². The van der Waals surface area contributed by atoms with Crippen LogP contribution < -0.4 is 15.9 Å². The first-order chi connectivity index (χ1) is 14.2. The zero-order valence-electron chi connectivity index (χ0n) is 16.0. The van der Waals surface area contributed by atoms with Gasteiger partial charge >= 0.3 is 177 Å². The molecule has 4 rings (SSSR count). The van der Waals surface area contributed by atoms with E-state index in [9.17, 15) is 4.79 Å². The van der Waals surface area contributed by atoms with Crippen LogP contribution >= 0.6 is 18.9 Å². The van der Waals surface area contributed by atoms with Crippen LogP contribution in [-0.4, -0.2) is 11.9 Å². The van der Waals surface area contributed by atoms with Gasteiger partial charge in [-0.1, -0.05) is 0 Å². The monoisotopic (exact) mass is 416 g/mol. The van der Waals surface area contributed by atoms with Crippen LogP contribution in [0.5, 0.6) is 0 Å². The second kappa shape index (κ2) is 8.74. The van der Waals surface area contributed by atoms with Crippen LogP contribution in [0.3, 0.4) is 0 Å². The molecular weight excluding hydrogens is 395 g/mol. The van der Waals surface area contributed by atoms with Gasteiger partial charge in [-0.3, -0.25) is 0 Å². The minimum absolute atomic E-state index is 0.143. The van der Waals surface area contributed by atoms with Crippen LogP contribution in [0.2, 0.25) is 5.02 Å². The molecule has 0 spiro atoms. The van der Waals surface area contributed by atoms with Gasteiger partial charge in [0.2, 0.25) is 0 Å². The molecule has 4 aromatic carbocycles. The Morgan fingerprint density at radius 1 is 0.586 bits per heavy atom. The van der Waals surface area contributed by atoms with E-state index in [1.165, 1.54) is 15.9 Å². The van der Waals surface area contributed by atoms with Crippen molar-refractivity contribution in [2.24, 2.45) is 0 Å². The van der Waals surface area contributed by atoms with Gasteiger partial charge in [0.1, 0.15) is 0 Å². The molecule has 0 amide bonds. The van der Waals surface area contributed by atoms with Gasteiger partial charge in [-0.15, -0.1) is 0 Å². The van der Waals surface area contributed by atoms with Crippen molar-refractivity contribution in [2.45, 2.75) is 0 Å². The number of Topliss-reactive ketones (excluding diaryl/α,β-unsaturated/α-hetero) is 1. The molecule has 0 saturated heterocycles. The summed E-state index contributed by atoms with van der Waals surface area (Å²) in [6, 6.07) is 38.7. The van der Waals surface area contributed by atoms with Gasteiger partial charge in [0.05, 0.1) is 0 Å². The zero-order valence-corrected chi connectivity index (χ0v) is 17.7. The minimum atomic E-state index is -2.57. The summed E-state index contributed by atoms with van der Waals surface area (Å²) in [5.41, 5.74) is 0.703. The van der Waals surface area contributed by atoms with Crippen LogP contribution in [0.15, 0.2) is 115 Å². The van der Waals surface area contributed by atoms with E-state index in [0.717, 1.165) is 0 Å². The summed E-state index contributed by atoms with van der Waals surface area (Å²) in [5.74, 6) is 0.143. The maximum atomic E-state index is 13.5. The molecule has 0 bridgehead atoms. The molecule has 0 N–H and O–H groups in total. The molecule has 0 saturated carbocycles. The normalized spacial score (nSPS) is 11.8. The average Bonchev–Trinajstić information content (AvgIpc) is 2.79. The molecule has 144 valence electrons. The van der Waals surface area contributed by atoms with E-state index >= 15 is 0 Å². The van der Waals surface area contributed by atoms with Gasteiger partial charge in [0.25, 0.3) is 0 Å². The van der Waals surface area contributed by atoms with Crippen LogP contribution in [0.1, 0.15) is 10.4 Å². The van der Waals surface area contributed by atoms with Crippen LogP contribution in [0, 0.1) is 0 Å². The Hall–Kier alpha value is -2.73. The number of halogens is 1. The summed E-state index contributed by atoms with van der Waals surface area (Å²) in [6.07, 6.45) is 0.465. The first-order valence-corrected chi connectivity index (χ1v) is 12.2. The van der Waals surface area contributed by atoms with Crippen molar-refractivity contribution < 1.29 is 4.79 Å². The Morgan fingerprint density at radius 2 is 0.966 bits per heavy atom. The van der Waals surface area contributed by atoms with E-state index in [2.05, 4.69) is 72.8 Å². The molecule has 0 unspecified atom stereocenters. The predicted octanol–water partition coefficient (Wildman–Crippen LogP) is 5.25. The first kappa shape index (κ1) is 19.6. The number of hydrogen-bond donors (Lipinski definition) is 0. The third-order valence-electron chi connectivity index (χ3n) is 5.39. The van der Waals surface area contributed by atoms with Crippen molar-refractivity contribution in [2.75, 3.05) is 6.16 Å². The van der Waals surface area contributed by atoms with Crippen molar-refractivity contribution in [3.63, 3.8) is 0 Å². The van der Waals surface area contributed by atoms with E-state index in [1.54, 1.807) is 12.1 Å². The molecule has 0 heterocycles. The summed E-state index contributed by atoms with van der Waals surface area (Å²) in [6.45, 7) is 0. The standard InChI is InChI=1S/C26H22ClOP/c27-22-18-16-21(17-19-22)26(28)20-29(23-10-4-1-5-11-23,24-12-6-2-7-13-24)25-14-8-3-9-15-25/h1-19,29H,20H2. The molecular formula is C26H22ClOP. The molecule has 0 fully saturated rings. The van der Waals surface area contributed by atoms with Gasteiger partial charge in [-0.2, -0.15) is 0 Å². The third-order valence-corrected chi connectivity index (χ3v) is 10.5. The van der Waals surface area contributed by atoms with Gasteiger partial charge in [0.15, 0.2) is 0 Å². The molecule has 29 heavy (non-hydrogen) atoms. The fourth-order valence-electron chi connectivity index (χ4n) is 3.95. The second-order valence-electron chi connectivity index (χ2n) is 7.11. The maximum absolute atomic E-state index is 13.5. The number of carbonyl (C=O) groups is 1. The average molecular weight is 417 g/mol. The Labute approximate surface area is 177 Å². The van der Waals surface area contributed by atoms with Crippen LogP contribution in [0.25, 0.3) is 0 Å². The Morgan fingerprint density at radius 3 is 1.34 bits per heavy atom. The van der Waals surface area contributed by atoms with Gasteiger partial charge in [0, 0.05) is 0 Å². The van der Waals surface area contributed by atoms with E-state index in [0.29, 0.717) is 16.7 Å². The Kier molecular flexibility index (Phi) is 5.90. The van der Waals surface area contributed by atoms with Gasteiger partial charge in [-0.25, -0.2) is 0 Å². The number of ketones is 1. The van der Waals surface area contributed by atoms with Crippen molar-refractivity contribution in [3.8, 4) is 0 Å². The molecule has 0 aliphatic rings. The van der Waals surface area contributed by atoms with E-state index in [1.807, 2.05) is 30.3 Å². The predicted molar refractivity (Wildman–Crippen MR) is 127 cm³/mol. The topological polar surface area (TPSA) is 17.1 Å². The van der Waals surface area contributed by atoms with Gasteiger partial charge in [-0.05, 0) is 0 Å². The van der Waals surface area contributed by atoms with Crippen LogP contribution in [-0.2, 0) is 0 Å². The molecule has 3 heteroatoms. The fourth-order valence-corrected chi connectivity index (χ4v) is 8.66. The summed E-state index contributed by atoms with van der Waals surface area (Å²) >= 11 is 6.03. The van der Waals surface area contributed by atoms with E-state index in [4.69, 9.17) is 11.6 Å². The molecule has 0 radical (unpaired) electrons. The molecule has 0 aromatic heterocycles. The third kappa shape index (κ3) is 4.03. The second-order valence-corrected chi connectivity index (χ2v) is 11.4. The van der Waals surface area contributed by atoms with Crippen molar-refractivity contribution in [1.82, 2.24) is 0 Å². The summed E-state index contributed by atoms with van der Waals surface area (Å²) in [5, 5.41) is 4.35. The summed E-state index contributed by atoms with van der Waals surface area (Å²) in [4.78, 5) is 13.5. The van der Waals surface area contributed by atoms with Gasteiger partial charge < -0.3 is 0 Å². The summed E-state index contributed by atoms with van der Waals surface area (Å²) < 4.78 is 0. The number of rotatable bonds is 6. The Bertz CT molecular complexity index is 981. The Balaban J connectivity index is 1.92.